The van der Waals surface area contributed by atoms with E-state index in [2.05, 4.69) is 20.7 Å². The number of nitrogen functional groups attached to an aromatic ring is 1. The van der Waals surface area contributed by atoms with Gasteiger partial charge in [-0.3, -0.25) is 4.72 Å². The zero-order valence-electron chi connectivity index (χ0n) is 10.5. The zero-order chi connectivity index (χ0) is 14.9. The van der Waals surface area contributed by atoms with Crippen LogP contribution in [-0.2, 0) is 10.0 Å². The highest BCUT2D eigenvalue weighted by molar-refractivity contribution is 9.10. The van der Waals surface area contributed by atoms with E-state index >= 15 is 0 Å². The van der Waals surface area contributed by atoms with Crippen molar-refractivity contribution >= 4 is 37.3 Å². The minimum Gasteiger partial charge on any atom is -0.398 e. The Balaban J connectivity index is 2.46. The molecule has 0 aromatic heterocycles. The molecule has 106 valence electrons. The predicted molar refractivity (Wildman–Crippen MR) is 80.5 cm³/mol. The van der Waals surface area contributed by atoms with Gasteiger partial charge >= 0.3 is 0 Å². The van der Waals surface area contributed by atoms with Crippen molar-refractivity contribution in [2.75, 3.05) is 10.5 Å². The van der Waals surface area contributed by atoms with Crippen LogP contribution in [0.25, 0.3) is 0 Å². The van der Waals surface area contributed by atoms with Gasteiger partial charge in [0.05, 0.1) is 11.4 Å². The lowest BCUT2D eigenvalue weighted by molar-refractivity contribution is 0.601. The summed E-state index contributed by atoms with van der Waals surface area (Å²) in [6.07, 6.45) is 0. The van der Waals surface area contributed by atoms with Crippen LogP contribution >= 0.6 is 15.9 Å². The Labute approximate surface area is 125 Å². The highest BCUT2D eigenvalue weighted by atomic mass is 79.9. The van der Waals surface area contributed by atoms with E-state index in [9.17, 15) is 12.8 Å². The van der Waals surface area contributed by atoms with Crippen LogP contribution in [0.3, 0.4) is 0 Å². The standard InChI is InChI=1S/C13H12BrFN2O2S/c1-8-2-4-10(15)7-12(8)17-20(18,19)13-6-9(14)3-5-11(13)16/h2-7,17H,16H2,1H3. The number of rotatable bonds is 3. The molecule has 20 heavy (non-hydrogen) atoms. The number of hydrogen-bond acceptors (Lipinski definition) is 3. The van der Waals surface area contributed by atoms with Gasteiger partial charge in [0.1, 0.15) is 10.7 Å². The number of nitrogens with two attached hydrogens (primary N) is 1. The first-order chi connectivity index (χ1) is 9.29. The second kappa shape index (κ2) is 5.41. The third-order valence-corrected chi connectivity index (χ3v) is 4.62. The molecule has 2 aromatic rings. The van der Waals surface area contributed by atoms with Crippen LogP contribution in [0.1, 0.15) is 5.56 Å². The van der Waals surface area contributed by atoms with Gasteiger partial charge in [-0.25, -0.2) is 12.8 Å². The molecule has 0 spiro atoms. The fourth-order valence-corrected chi connectivity index (χ4v) is 3.44. The van der Waals surface area contributed by atoms with Crippen LogP contribution in [0.4, 0.5) is 15.8 Å². The number of halogens is 2. The molecule has 0 aliphatic rings. The number of hydrogen-bond donors (Lipinski definition) is 2. The largest absolute Gasteiger partial charge is 0.398 e. The van der Waals surface area contributed by atoms with Gasteiger partial charge < -0.3 is 5.73 Å². The molecule has 0 unspecified atom stereocenters. The molecule has 0 bridgehead atoms. The lowest BCUT2D eigenvalue weighted by Gasteiger charge is -2.12. The maximum Gasteiger partial charge on any atom is 0.263 e. The molecule has 0 aliphatic carbocycles. The monoisotopic (exact) mass is 358 g/mol. The van der Waals surface area contributed by atoms with Gasteiger partial charge in [0.15, 0.2) is 0 Å². The van der Waals surface area contributed by atoms with Crippen molar-refractivity contribution < 1.29 is 12.8 Å². The molecular weight excluding hydrogens is 347 g/mol. The number of aryl methyl sites for hydroxylation is 1. The SMILES string of the molecule is Cc1ccc(F)cc1NS(=O)(=O)c1cc(Br)ccc1N. The topological polar surface area (TPSA) is 72.2 Å². The number of nitrogens with one attached hydrogen (secondary N) is 1. The molecule has 0 aliphatic heterocycles. The van der Waals surface area contributed by atoms with Crippen molar-refractivity contribution in [2.45, 2.75) is 11.8 Å². The van der Waals surface area contributed by atoms with Gasteiger partial charge in [-0.15, -0.1) is 0 Å². The van der Waals surface area contributed by atoms with Crippen LogP contribution in [-0.4, -0.2) is 8.42 Å². The zero-order valence-corrected chi connectivity index (χ0v) is 12.9. The van der Waals surface area contributed by atoms with Crippen LogP contribution < -0.4 is 10.5 Å². The Morgan fingerprint density at radius 3 is 2.60 bits per heavy atom. The molecule has 2 rings (SSSR count). The molecule has 0 atom stereocenters. The minimum atomic E-state index is -3.88. The van der Waals surface area contributed by atoms with Gasteiger partial charge in [-0.1, -0.05) is 22.0 Å². The summed E-state index contributed by atoms with van der Waals surface area (Å²) in [6.45, 7) is 1.68. The second-order valence-electron chi connectivity index (χ2n) is 4.25. The summed E-state index contributed by atoms with van der Waals surface area (Å²) in [6, 6.07) is 8.41. The molecule has 4 nitrogen and oxygen atoms in total. The van der Waals surface area contributed by atoms with Gasteiger partial charge in [0.25, 0.3) is 10.0 Å². The van der Waals surface area contributed by atoms with Crippen molar-refractivity contribution in [2.24, 2.45) is 0 Å². The molecule has 0 amide bonds. The number of anilines is 2. The first-order valence-electron chi connectivity index (χ1n) is 5.63. The molecular formula is C13H12BrFN2O2S. The highest BCUT2D eigenvalue weighted by Gasteiger charge is 2.19. The van der Waals surface area contributed by atoms with Crippen LogP contribution in [0.15, 0.2) is 45.8 Å². The van der Waals surface area contributed by atoms with Crippen molar-refractivity contribution in [1.29, 1.82) is 0 Å². The Hall–Kier alpha value is -1.60. The summed E-state index contributed by atoms with van der Waals surface area (Å²) in [5, 5.41) is 0. The van der Waals surface area contributed by atoms with Crippen molar-refractivity contribution in [1.82, 2.24) is 0 Å². The van der Waals surface area contributed by atoms with Gasteiger partial charge in [-0.2, -0.15) is 0 Å². The van der Waals surface area contributed by atoms with E-state index < -0.39 is 15.8 Å². The summed E-state index contributed by atoms with van der Waals surface area (Å²) in [5.41, 5.74) is 6.60. The van der Waals surface area contributed by atoms with Crippen molar-refractivity contribution in [3.63, 3.8) is 0 Å². The van der Waals surface area contributed by atoms with Crippen molar-refractivity contribution in [3.05, 3.63) is 52.3 Å². The molecule has 0 heterocycles. The smallest absolute Gasteiger partial charge is 0.263 e. The Bertz CT molecular complexity index is 763. The van der Waals surface area contributed by atoms with Crippen LogP contribution in [0.5, 0.6) is 0 Å². The van der Waals surface area contributed by atoms with Gasteiger partial charge in [0, 0.05) is 4.47 Å². The molecule has 2 aromatic carbocycles. The Kier molecular flexibility index (Phi) is 4.01. The lowest BCUT2D eigenvalue weighted by Crippen LogP contribution is -2.15. The lowest BCUT2D eigenvalue weighted by atomic mass is 10.2. The molecule has 3 N–H and O–H groups in total. The van der Waals surface area contributed by atoms with Crippen LogP contribution in [0.2, 0.25) is 0 Å². The number of benzene rings is 2. The summed E-state index contributed by atoms with van der Waals surface area (Å²) < 4.78 is 40.7. The maximum absolute atomic E-state index is 13.2. The first kappa shape index (κ1) is 14.8. The Morgan fingerprint density at radius 2 is 1.90 bits per heavy atom. The van der Waals surface area contributed by atoms with Gasteiger partial charge in [0.2, 0.25) is 0 Å². The summed E-state index contributed by atoms with van der Waals surface area (Å²) in [5.74, 6) is -0.518. The summed E-state index contributed by atoms with van der Waals surface area (Å²) >= 11 is 3.19. The second-order valence-corrected chi connectivity index (χ2v) is 6.81. The quantitative estimate of drug-likeness (QED) is 0.827. The van der Waals surface area contributed by atoms with E-state index in [1.54, 1.807) is 13.0 Å². The normalized spacial score (nSPS) is 11.3. The molecule has 0 radical (unpaired) electrons. The average molecular weight is 359 g/mol. The van der Waals surface area contributed by atoms with Crippen molar-refractivity contribution in [3.8, 4) is 0 Å². The maximum atomic E-state index is 13.2. The summed E-state index contributed by atoms with van der Waals surface area (Å²) in [7, 11) is -3.88. The third-order valence-electron chi connectivity index (χ3n) is 2.71. The fourth-order valence-electron chi connectivity index (χ4n) is 1.64. The van der Waals surface area contributed by atoms with E-state index in [1.807, 2.05) is 0 Å². The van der Waals surface area contributed by atoms with Gasteiger partial charge in [-0.05, 0) is 42.8 Å². The minimum absolute atomic E-state index is 0.0597. The molecule has 0 saturated carbocycles. The van der Waals surface area contributed by atoms with E-state index in [1.165, 1.54) is 24.3 Å². The molecule has 0 fully saturated rings. The first-order valence-corrected chi connectivity index (χ1v) is 7.91. The Morgan fingerprint density at radius 1 is 1.20 bits per heavy atom. The highest BCUT2D eigenvalue weighted by Crippen LogP contribution is 2.26. The molecule has 7 heteroatoms. The van der Waals surface area contributed by atoms with Crippen LogP contribution in [0, 0.1) is 12.7 Å². The summed E-state index contributed by atoms with van der Waals surface area (Å²) in [4.78, 5) is -0.0597. The number of sulfonamides is 1. The van der Waals surface area contributed by atoms with E-state index in [0.29, 0.717) is 10.0 Å². The average Bonchev–Trinajstić information content (AvgIpc) is 2.36. The third kappa shape index (κ3) is 3.10. The van der Waals surface area contributed by atoms with E-state index in [-0.39, 0.29) is 16.3 Å². The predicted octanol–water partition coefficient (Wildman–Crippen LogP) is 3.28. The molecule has 0 saturated heterocycles. The van der Waals surface area contributed by atoms with E-state index in [0.717, 1.165) is 6.07 Å². The fraction of sp³-hybridized carbons (Fsp3) is 0.0769. The van der Waals surface area contributed by atoms with E-state index in [4.69, 9.17) is 5.73 Å².